The van der Waals surface area contributed by atoms with E-state index in [9.17, 15) is 4.79 Å². The van der Waals surface area contributed by atoms with Crippen molar-refractivity contribution >= 4 is 12.1 Å². The van der Waals surface area contributed by atoms with E-state index >= 15 is 0 Å². The van der Waals surface area contributed by atoms with Gasteiger partial charge in [0.25, 0.3) is 0 Å². The maximum Gasteiger partial charge on any atom is 0.214 e. The number of amides is 1. The molecule has 0 fully saturated rings. The third-order valence-electron chi connectivity index (χ3n) is 2.70. The first-order valence-corrected chi connectivity index (χ1v) is 4.68. The fourth-order valence-corrected chi connectivity index (χ4v) is 1.97. The lowest BCUT2D eigenvalue weighted by molar-refractivity contribution is -0.107. The third-order valence-corrected chi connectivity index (χ3v) is 2.70. The molecule has 1 aromatic carbocycles. The fourth-order valence-electron chi connectivity index (χ4n) is 1.97. The monoisotopic (exact) mass is 175 g/mol. The molecule has 1 aromatic rings. The Morgan fingerprint density at radius 3 is 3.00 bits per heavy atom. The van der Waals surface area contributed by atoms with E-state index in [0.29, 0.717) is 6.04 Å². The number of fused-ring (bicyclic) bond motifs is 1. The molecule has 1 amide bonds. The molecule has 13 heavy (non-hydrogen) atoms. The van der Waals surface area contributed by atoms with E-state index in [-0.39, 0.29) is 0 Å². The van der Waals surface area contributed by atoms with Crippen molar-refractivity contribution in [2.75, 3.05) is 4.90 Å². The van der Waals surface area contributed by atoms with Crippen LogP contribution >= 0.6 is 0 Å². The van der Waals surface area contributed by atoms with Crippen LogP contribution in [0.4, 0.5) is 5.69 Å². The maximum absolute atomic E-state index is 10.9. The van der Waals surface area contributed by atoms with Crippen molar-refractivity contribution in [3.63, 3.8) is 0 Å². The highest BCUT2D eigenvalue weighted by molar-refractivity contribution is 5.80. The van der Waals surface area contributed by atoms with Gasteiger partial charge < -0.3 is 4.90 Å². The molecule has 0 aliphatic carbocycles. The molecule has 2 rings (SSSR count). The van der Waals surface area contributed by atoms with E-state index in [0.717, 1.165) is 24.9 Å². The number of benzene rings is 1. The maximum atomic E-state index is 10.9. The van der Waals surface area contributed by atoms with Crippen molar-refractivity contribution in [3.05, 3.63) is 29.8 Å². The van der Waals surface area contributed by atoms with Crippen LogP contribution in [0.15, 0.2) is 24.3 Å². The molecule has 68 valence electrons. The highest BCUT2D eigenvalue weighted by atomic mass is 16.1. The zero-order valence-electron chi connectivity index (χ0n) is 7.73. The Morgan fingerprint density at radius 1 is 1.54 bits per heavy atom. The van der Waals surface area contributed by atoms with E-state index in [4.69, 9.17) is 0 Å². The summed E-state index contributed by atoms with van der Waals surface area (Å²) in [4.78, 5) is 12.7. The molecular weight excluding hydrogens is 162 g/mol. The van der Waals surface area contributed by atoms with Crippen molar-refractivity contribution in [2.45, 2.75) is 25.8 Å². The quantitative estimate of drug-likeness (QED) is 0.629. The van der Waals surface area contributed by atoms with Crippen LogP contribution in [0.5, 0.6) is 0 Å². The summed E-state index contributed by atoms with van der Waals surface area (Å²) in [5, 5.41) is 0. The van der Waals surface area contributed by atoms with Gasteiger partial charge in [-0.3, -0.25) is 4.79 Å². The molecule has 0 N–H and O–H groups in total. The minimum Gasteiger partial charge on any atom is -0.311 e. The summed E-state index contributed by atoms with van der Waals surface area (Å²) < 4.78 is 0. The minimum atomic E-state index is 0.370. The number of anilines is 1. The Labute approximate surface area is 78.2 Å². The summed E-state index contributed by atoms with van der Waals surface area (Å²) in [6, 6.07) is 8.49. The minimum absolute atomic E-state index is 0.370. The van der Waals surface area contributed by atoms with Gasteiger partial charge in [-0.05, 0) is 24.5 Å². The molecule has 0 spiro atoms. The van der Waals surface area contributed by atoms with Crippen LogP contribution in [0.2, 0.25) is 0 Å². The smallest absolute Gasteiger partial charge is 0.214 e. The number of nitrogens with zero attached hydrogens (tertiary/aromatic N) is 1. The number of carbonyl (C=O) groups excluding carboxylic acids is 1. The Bertz CT molecular complexity index is 322. The molecule has 1 heterocycles. The van der Waals surface area contributed by atoms with Gasteiger partial charge in [0.2, 0.25) is 6.41 Å². The van der Waals surface area contributed by atoms with Crippen molar-refractivity contribution in [1.82, 2.24) is 0 Å². The molecule has 1 atom stereocenters. The third kappa shape index (κ3) is 1.22. The zero-order chi connectivity index (χ0) is 9.26. The first-order valence-electron chi connectivity index (χ1n) is 4.68. The van der Waals surface area contributed by atoms with E-state index in [1.54, 1.807) is 0 Å². The van der Waals surface area contributed by atoms with Gasteiger partial charge in [-0.2, -0.15) is 0 Å². The Hall–Kier alpha value is -1.31. The van der Waals surface area contributed by atoms with Gasteiger partial charge in [0.15, 0.2) is 0 Å². The van der Waals surface area contributed by atoms with Gasteiger partial charge in [-0.15, -0.1) is 0 Å². The topological polar surface area (TPSA) is 20.3 Å². The van der Waals surface area contributed by atoms with Gasteiger partial charge in [-0.1, -0.05) is 25.1 Å². The van der Waals surface area contributed by atoms with Gasteiger partial charge >= 0.3 is 0 Å². The number of para-hydroxylation sites is 1. The summed E-state index contributed by atoms with van der Waals surface area (Å²) in [5.74, 6) is 0. The van der Waals surface area contributed by atoms with Crippen molar-refractivity contribution in [2.24, 2.45) is 0 Å². The second kappa shape index (κ2) is 3.21. The first kappa shape index (κ1) is 8.30. The summed E-state index contributed by atoms with van der Waals surface area (Å²) in [7, 11) is 0. The predicted octanol–water partition coefficient (Wildman–Crippen LogP) is 1.98. The van der Waals surface area contributed by atoms with Crippen LogP contribution < -0.4 is 4.90 Å². The number of hydrogen-bond donors (Lipinski definition) is 0. The van der Waals surface area contributed by atoms with Crippen LogP contribution in [0.25, 0.3) is 0 Å². The predicted molar refractivity (Wildman–Crippen MR) is 52.8 cm³/mol. The summed E-state index contributed by atoms with van der Waals surface area (Å²) in [6.07, 6.45) is 2.97. The van der Waals surface area contributed by atoms with Crippen LogP contribution in [-0.2, 0) is 11.2 Å². The molecule has 0 bridgehead atoms. The highest BCUT2D eigenvalue weighted by Gasteiger charge is 2.26. The average Bonchev–Trinajstić information content (AvgIpc) is 2.55. The normalized spacial score (nSPS) is 20.1. The molecular formula is C11H13NO. The van der Waals surface area contributed by atoms with Gasteiger partial charge in [0, 0.05) is 11.7 Å². The number of rotatable bonds is 2. The summed E-state index contributed by atoms with van der Waals surface area (Å²) >= 11 is 0. The van der Waals surface area contributed by atoms with Crippen molar-refractivity contribution < 1.29 is 4.79 Å². The van der Waals surface area contributed by atoms with E-state index in [1.165, 1.54) is 5.56 Å². The second-order valence-corrected chi connectivity index (χ2v) is 3.41. The molecule has 2 nitrogen and oxygen atoms in total. The molecule has 1 aliphatic rings. The first-order chi connectivity index (χ1) is 6.36. The fraction of sp³-hybridized carbons (Fsp3) is 0.364. The van der Waals surface area contributed by atoms with Crippen molar-refractivity contribution in [1.29, 1.82) is 0 Å². The molecule has 0 saturated carbocycles. The SMILES string of the molecule is CCC1Cc2ccccc2N1C=O. The molecule has 0 aromatic heterocycles. The van der Waals surface area contributed by atoms with Crippen LogP contribution in [0, 0.1) is 0 Å². The van der Waals surface area contributed by atoms with E-state index in [2.05, 4.69) is 13.0 Å². The van der Waals surface area contributed by atoms with Crippen LogP contribution in [-0.4, -0.2) is 12.5 Å². The number of carbonyl (C=O) groups is 1. The Morgan fingerprint density at radius 2 is 2.31 bits per heavy atom. The Balaban J connectivity index is 2.39. The van der Waals surface area contributed by atoms with Gasteiger partial charge in [0.05, 0.1) is 0 Å². The van der Waals surface area contributed by atoms with Gasteiger partial charge in [-0.25, -0.2) is 0 Å². The average molecular weight is 175 g/mol. The Kier molecular flexibility index (Phi) is 2.05. The number of hydrogen-bond acceptors (Lipinski definition) is 1. The van der Waals surface area contributed by atoms with E-state index in [1.807, 2.05) is 23.1 Å². The summed E-state index contributed by atoms with van der Waals surface area (Å²) in [5.41, 5.74) is 2.38. The molecule has 1 unspecified atom stereocenters. The highest BCUT2D eigenvalue weighted by Crippen LogP contribution is 2.31. The second-order valence-electron chi connectivity index (χ2n) is 3.41. The van der Waals surface area contributed by atoms with Gasteiger partial charge in [0.1, 0.15) is 0 Å². The van der Waals surface area contributed by atoms with Crippen LogP contribution in [0.1, 0.15) is 18.9 Å². The lowest BCUT2D eigenvalue weighted by Gasteiger charge is -2.18. The standard InChI is InChI=1S/C11H13NO/c1-2-10-7-9-5-3-4-6-11(9)12(10)8-13/h3-6,8,10H,2,7H2,1H3. The van der Waals surface area contributed by atoms with Crippen LogP contribution in [0.3, 0.4) is 0 Å². The zero-order valence-corrected chi connectivity index (χ0v) is 7.73. The molecule has 0 saturated heterocycles. The summed E-state index contributed by atoms with van der Waals surface area (Å²) in [6.45, 7) is 2.12. The molecule has 1 aliphatic heterocycles. The van der Waals surface area contributed by atoms with Crippen molar-refractivity contribution in [3.8, 4) is 0 Å². The molecule has 2 heteroatoms. The lowest BCUT2D eigenvalue weighted by Crippen LogP contribution is -2.29. The van der Waals surface area contributed by atoms with E-state index < -0.39 is 0 Å². The largest absolute Gasteiger partial charge is 0.311 e. The molecule has 0 radical (unpaired) electrons. The lowest BCUT2D eigenvalue weighted by atomic mass is 10.1.